The van der Waals surface area contributed by atoms with Crippen LogP contribution in [-0.4, -0.2) is 41.0 Å². The average Bonchev–Trinajstić information content (AvgIpc) is 2.89. The molecule has 1 amide bonds. The summed E-state index contributed by atoms with van der Waals surface area (Å²) in [5.74, 6) is -1.13. The quantitative estimate of drug-likeness (QED) is 0.794. The predicted molar refractivity (Wildman–Crippen MR) is 101 cm³/mol. The van der Waals surface area contributed by atoms with Gasteiger partial charge in [-0.05, 0) is 44.3 Å². The number of nitrogens with zero attached hydrogens (tertiary/aromatic N) is 1. The van der Waals surface area contributed by atoms with Crippen LogP contribution < -0.4 is 5.32 Å². The van der Waals surface area contributed by atoms with Crippen LogP contribution in [0.25, 0.3) is 0 Å². The van der Waals surface area contributed by atoms with Crippen molar-refractivity contribution in [2.45, 2.75) is 57.5 Å². The molecule has 2 fully saturated rings. The van der Waals surface area contributed by atoms with E-state index in [4.69, 9.17) is 0 Å². The van der Waals surface area contributed by atoms with Crippen molar-refractivity contribution in [2.24, 2.45) is 11.8 Å². The number of hydrogen-bond donors (Lipinski definition) is 2. The second-order valence-corrected chi connectivity index (χ2v) is 7.73. The van der Waals surface area contributed by atoms with Gasteiger partial charge in [0.2, 0.25) is 5.91 Å². The molecule has 1 aliphatic carbocycles. The summed E-state index contributed by atoms with van der Waals surface area (Å²) >= 11 is 0. The summed E-state index contributed by atoms with van der Waals surface area (Å²) < 4.78 is 0. The van der Waals surface area contributed by atoms with Crippen LogP contribution in [0, 0.1) is 11.8 Å². The van der Waals surface area contributed by atoms with E-state index in [1.54, 1.807) is 0 Å². The summed E-state index contributed by atoms with van der Waals surface area (Å²) in [5.41, 5.74) is 1.30. The van der Waals surface area contributed by atoms with Gasteiger partial charge >= 0.3 is 5.97 Å². The molecule has 2 N–H and O–H groups in total. The summed E-state index contributed by atoms with van der Waals surface area (Å²) in [6.07, 6.45) is 6.18. The Bertz CT molecular complexity index is 597. The Labute approximate surface area is 155 Å². The number of benzene rings is 1. The van der Waals surface area contributed by atoms with E-state index in [1.807, 2.05) is 6.07 Å². The van der Waals surface area contributed by atoms with Gasteiger partial charge in [-0.25, -0.2) is 0 Å². The molecule has 1 aromatic carbocycles. The van der Waals surface area contributed by atoms with Crippen LogP contribution >= 0.6 is 0 Å². The highest BCUT2D eigenvalue weighted by molar-refractivity contribution is 5.80. The van der Waals surface area contributed by atoms with Crippen molar-refractivity contribution in [3.05, 3.63) is 35.9 Å². The number of amides is 1. The molecule has 5 nitrogen and oxygen atoms in total. The lowest BCUT2D eigenvalue weighted by molar-refractivity contribution is -0.143. The third-order valence-electron chi connectivity index (χ3n) is 5.87. The first-order valence-corrected chi connectivity index (χ1v) is 9.93. The van der Waals surface area contributed by atoms with Crippen molar-refractivity contribution < 1.29 is 14.7 Å². The zero-order valence-electron chi connectivity index (χ0n) is 15.4. The fourth-order valence-electron chi connectivity index (χ4n) is 4.27. The zero-order valence-corrected chi connectivity index (χ0v) is 15.4. The number of carbonyl (C=O) groups excluding carboxylic acids is 1. The van der Waals surface area contributed by atoms with Gasteiger partial charge in [0.25, 0.3) is 0 Å². The van der Waals surface area contributed by atoms with Crippen LogP contribution in [0.15, 0.2) is 30.3 Å². The predicted octanol–water partition coefficient (Wildman–Crippen LogP) is 3.05. The maximum Gasteiger partial charge on any atom is 0.308 e. The summed E-state index contributed by atoms with van der Waals surface area (Å²) in [5, 5.41) is 12.6. The molecule has 1 aliphatic heterocycles. The van der Waals surface area contributed by atoms with Crippen molar-refractivity contribution in [2.75, 3.05) is 13.1 Å². The van der Waals surface area contributed by atoms with E-state index < -0.39 is 11.9 Å². The number of carbonyl (C=O) groups is 2. The van der Waals surface area contributed by atoms with Crippen LogP contribution in [0.1, 0.15) is 50.5 Å². The minimum absolute atomic E-state index is 0.0136. The Balaban J connectivity index is 1.49. The first-order valence-electron chi connectivity index (χ1n) is 9.93. The second kappa shape index (κ2) is 9.17. The summed E-state index contributed by atoms with van der Waals surface area (Å²) in [6, 6.07) is 10.2. The maximum atomic E-state index is 12.7. The second-order valence-electron chi connectivity index (χ2n) is 7.73. The number of rotatable bonds is 5. The van der Waals surface area contributed by atoms with Crippen molar-refractivity contribution in [3.8, 4) is 0 Å². The number of likely N-dealkylation sites (tertiary alicyclic amines) is 1. The van der Waals surface area contributed by atoms with E-state index in [2.05, 4.69) is 34.5 Å². The molecule has 0 radical (unpaired) electrons. The zero-order chi connectivity index (χ0) is 18.4. The van der Waals surface area contributed by atoms with Crippen LogP contribution in [-0.2, 0) is 16.1 Å². The summed E-state index contributed by atoms with van der Waals surface area (Å²) in [7, 11) is 0. The average molecular weight is 358 g/mol. The van der Waals surface area contributed by atoms with Crippen molar-refractivity contribution in [1.82, 2.24) is 10.2 Å². The lowest BCUT2D eigenvalue weighted by Gasteiger charge is -2.32. The Morgan fingerprint density at radius 2 is 1.69 bits per heavy atom. The first kappa shape index (κ1) is 18.9. The van der Waals surface area contributed by atoms with Crippen LogP contribution in [0.5, 0.6) is 0 Å². The molecule has 1 saturated carbocycles. The fourth-order valence-corrected chi connectivity index (χ4v) is 4.27. The van der Waals surface area contributed by atoms with Gasteiger partial charge in [0.1, 0.15) is 0 Å². The van der Waals surface area contributed by atoms with Crippen molar-refractivity contribution in [3.63, 3.8) is 0 Å². The normalized spacial score (nSPS) is 25.4. The van der Waals surface area contributed by atoms with Gasteiger partial charge in [-0.1, -0.05) is 49.6 Å². The Morgan fingerprint density at radius 1 is 1.00 bits per heavy atom. The lowest BCUT2D eigenvalue weighted by atomic mass is 9.91. The largest absolute Gasteiger partial charge is 0.481 e. The molecule has 1 aromatic rings. The number of aliphatic carboxylic acids is 1. The highest BCUT2D eigenvalue weighted by atomic mass is 16.4. The molecular formula is C21H30N2O3. The van der Waals surface area contributed by atoms with Gasteiger partial charge < -0.3 is 10.4 Å². The molecule has 142 valence electrons. The number of carboxylic acid groups (broad SMARTS) is 1. The monoisotopic (exact) mass is 358 g/mol. The Hall–Kier alpha value is -1.88. The van der Waals surface area contributed by atoms with Gasteiger partial charge in [-0.15, -0.1) is 0 Å². The number of carboxylic acids is 1. The van der Waals surface area contributed by atoms with Crippen LogP contribution in [0.2, 0.25) is 0 Å². The minimum atomic E-state index is -0.769. The Kier molecular flexibility index (Phi) is 6.67. The number of hydrogen-bond acceptors (Lipinski definition) is 3. The van der Waals surface area contributed by atoms with E-state index in [0.29, 0.717) is 6.42 Å². The highest BCUT2D eigenvalue weighted by Crippen LogP contribution is 2.25. The lowest BCUT2D eigenvalue weighted by Crippen LogP contribution is -2.47. The van der Waals surface area contributed by atoms with E-state index in [1.165, 1.54) is 5.56 Å². The molecule has 0 unspecified atom stereocenters. The molecule has 2 aliphatic rings. The van der Waals surface area contributed by atoms with Crippen molar-refractivity contribution in [1.29, 1.82) is 0 Å². The summed E-state index contributed by atoms with van der Waals surface area (Å²) in [4.78, 5) is 26.6. The van der Waals surface area contributed by atoms with Gasteiger partial charge in [0.15, 0.2) is 0 Å². The molecule has 1 heterocycles. The third-order valence-corrected chi connectivity index (χ3v) is 5.87. The topological polar surface area (TPSA) is 69.6 Å². The minimum Gasteiger partial charge on any atom is -0.481 e. The van der Waals surface area contributed by atoms with Gasteiger partial charge in [-0.2, -0.15) is 0 Å². The number of piperidine rings is 1. The third kappa shape index (κ3) is 5.07. The molecule has 1 saturated heterocycles. The fraction of sp³-hybridized carbons (Fsp3) is 0.619. The maximum absolute atomic E-state index is 12.7. The van der Waals surface area contributed by atoms with E-state index in [0.717, 1.165) is 58.2 Å². The highest BCUT2D eigenvalue weighted by Gasteiger charge is 2.33. The van der Waals surface area contributed by atoms with E-state index in [9.17, 15) is 14.7 Å². The molecule has 2 atom stereocenters. The molecule has 26 heavy (non-hydrogen) atoms. The van der Waals surface area contributed by atoms with Gasteiger partial charge in [-0.3, -0.25) is 14.5 Å². The van der Waals surface area contributed by atoms with E-state index >= 15 is 0 Å². The van der Waals surface area contributed by atoms with Gasteiger partial charge in [0.05, 0.1) is 5.92 Å². The SMILES string of the molecule is O=C(N[C@H]1CCCCC[C@H]1C(=O)O)C1CCN(Cc2ccccc2)CC1. The first-order chi connectivity index (χ1) is 12.6. The summed E-state index contributed by atoms with van der Waals surface area (Å²) in [6.45, 7) is 2.76. The van der Waals surface area contributed by atoms with Crippen LogP contribution in [0.3, 0.4) is 0 Å². The van der Waals surface area contributed by atoms with Gasteiger partial charge in [0, 0.05) is 18.5 Å². The molecule has 0 bridgehead atoms. The molecular weight excluding hydrogens is 328 g/mol. The van der Waals surface area contributed by atoms with E-state index in [-0.39, 0.29) is 17.9 Å². The van der Waals surface area contributed by atoms with Crippen LogP contribution in [0.4, 0.5) is 0 Å². The smallest absolute Gasteiger partial charge is 0.308 e. The molecule has 0 spiro atoms. The molecule has 0 aromatic heterocycles. The van der Waals surface area contributed by atoms with Crippen molar-refractivity contribution >= 4 is 11.9 Å². The standard InChI is InChI=1S/C21H30N2O3/c24-20(22-19-10-6-2-5-9-18(19)21(25)26)17-11-13-23(14-12-17)15-16-7-3-1-4-8-16/h1,3-4,7-8,17-19H,2,5-6,9-15H2,(H,22,24)(H,25,26)/t18-,19+/m1/s1. The number of nitrogens with one attached hydrogen (secondary N) is 1. The molecule has 3 rings (SSSR count). The Morgan fingerprint density at radius 3 is 2.38 bits per heavy atom. The molecule has 5 heteroatoms.